The lowest BCUT2D eigenvalue weighted by Gasteiger charge is -2.26. The SMILES string of the molecule is CCOc1ccc(CN(CCC(c2ccccc2)c2ccccc2)C(=O)c2cccc(F)c2)cc1. The molecule has 0 N–H and O–H groups in total. The van der Waals surface area contributed by atoms with Crippen molar-refractivity contribution in [2.75, 3.05) is 13.2 Å². The normalized spacial score (nSPS) is 10.8. The average molecular weight is 468 g/mol. The second-order valence-electron chi connectivity index (χ2n) is 8.48. The molecule has 3 nitrogen and oxygen atoms in total. The van der Waals surface area contributed by atoms with Gasteiger partial charge in [0.1, 0.15) is 11.6 Å². The molecule has 0 saturated heterocycles. The van der Waals surface area contributed by atoms with Crippen molar-refractivity contribution >= 4 is 5.91 Å². The molecule has 0 atom stereocenters. The highest BCUT2D eigenvalue weighted by Crippen LogP contribution is 2.29. The highest BCUT2D eigenvalue weighted by atomic mass is 19.1. The minimum absolute atomic E-state index is 0.139. The van der Waals surface area contributed by atoms with E-state index in [1.807, 2.05) is 72.5 Å². The first kappa shape index (κ1) is 24.2. The van der Waals surface area contributed by atoms with Crippen LogP contribution >= 0.6 is 0 Å². The van der Waals surface area contributed by atoms with Gasteiger partial charge in [-0.05, 0) is 60.4 Å². The lowest BCUT2D eigenvalue weighted by atomic mass is 9.88. The molecule has 4 heteroatoms. The highest BCUT2D eigenvalue weighted by Gasteiger charge is 2.21. The molecular formula is C31H30FNO2. The third-order valence-electron chi connectivity index (χ3n) is 6.06. The lowest BCUT2D eigenvalue weighted by Crippen LogP contribution is -2.32. The highest BCUT2D eigenvalue weighted by molar-refractivity contribution is 5.94. The molecule has 0 aliphatic rings. The van der Waals surface area contributed by atoms with Gasteiger partial charge in [-0.1, -0.05) is 78.9 Å². The van der Waals surface area contributed by atoms with Crippen LogP contribution in [0, 0.1) is 5.82 Å². The summed E-state index contributed by atoms with van der Waals surface area (Å²) in [5, 5.41) is 0. The van der Waals surface area contributed by atoms with Gasteiger partial charge in [0.2, 0.25) is 0 Å². The molecule has 0 spiro atoms. The van der Waals surface area contributed by atoms with Gasteiger partial charge in [0, 0.05) is 24.6 Å². The first-order valence-corrected chi connectivity index (χ1v) is 12.0. The van der Waals surface area contributed by atoms with Crippen molar-refractivity contribution in [1.82, 2.24) is 4.90 Å². The third kappa shape index (κ3) is 6.57. The first-order valence-electron chi connectivity index (χ1n) is 12.0. The maximum absolute atomic E-state index is 13.9. The maximum atomic E-state index is 13.9. The topological polar surface area (TPSA) is 29.5 Å². The molecule has 0 aliphatic carbocycles. The van der Waals surface area contributed by atoms with Crippen LogP contribution in [0.1, 0.15) is 46.3 Å². The van der Waals surface area contributed by atoms with Crippen molar-refractivity contribution in [2.45, 2.75) is 25.8 Å². The van der Waals surface area contributed by atoms with E-state index in [4.69, 9.17) is 4.74 Å². The molecule has 0 heterocycles. The van der Waals surface area contributed by atoms with Crippen molar-refractivity contribution < 1.29 is 13.9 Å². The van der Waals surface area contributed by atoms with Gasteiger partial charge in [0.05, 0.1) is 6.61 Å². The molecule has 0 radical (unpaired) electrons. The van der Waals surface area contributed by atoms with Gasteiger partial charge in [-0.15, -0.1) is 0 Å². The summed E-state index contributed by atoms with van der Waals surface area (Å²) in [6, 6.07) is 34.4. The van der Waals surface area contributed by atoms with Crippen molar-refractivity contribution in [3.63, 3.8) is 0 Å². The summed E-state index contributed by atoms with van der Waals surface area (Å²) in [4.78, 5) is 15.3. The number of ether oxygens (including phenoxy) is 1. The van der Waals surface area contributed by atoms with Crippen LogP contribution in [-0.2, 0) is 6.54 Å². The van der Waals surface area contributed by atoms with Crippen molar-refractivity contribution in [3.8, 4) is 5.75 Å². The second-order valence-corrected chi connectivity index (χ2v) is 8.48. The maximum Gasteiger partial charge on any atom is 0.254 e. The number of benzene rings is 4. The Balaban J connectivity index is 1.60. The quantitative estimate of drug-likeness (QED) is 0.249. The Bertz CT molecular complexity index is 1170. The fraction of sp³-hybridized carbons (Fsp3) is 0.194. The van der Waals surface area contributed by atoms with Crippen LogP contribution in [0.4, 0.5) is 4.39 Å². The smallest absolute Gasteiger partial charge is 0.254 e. The largest absolute Gasteiger partial charge is 0.494 e. The molecule has 0 aromatic heterocycles. The Morgan fingerprint density at radius 2 is 1.46 bits per heavy atom. The summed E-state index contributed by atoms with van der Waals surface area (Å²) >= 11 is 0. The van der Waals surface area contributed by atoms with Crippen LogP contribution in [-0.4, -0.2) is 24.0 Å². The molecule has 4 rings (SSSR count). The molecule has 178 valence electrons. The second kappa shape index (κ2) is 12.0. The molecule has 0 bridgehead atoms. The van der Waals surface area contributed by atoms with E-state index < -0.39 is 5.82 Å². The summed E-state index contributed by atoms with van der Waals surface area (Å²) in [6.45, 7) is 3.50. The van der Waals surface area contributed by atoms with Gasteiger partial charge < -0.3 is 9.64 Å². The van der Waals surface area contributed by atoms with Crippen LogP contribution in [0.2, 0.25) is 0 Å². The number of nitrogens with zero attached hydrogens (tertiary/aromatic N) is 1. The Hall–Kier alpha value is -3.92. The molecule has 0 unspecified atom stereocenters. The Kier molecular flexibility index (Phi) is 8.29. The van der Waals surface area contributed by atoms with Crippen LogP contribution in [0.5, 0.6) is 5.75 Å². The predicted molar refractivity (Wildman–Crippen MR) is 138 cm³/mol. The van der Waals surface area contributed by atoms with Crippen LogP contribution < -0.4 is 4.74 Å². The summed E-state index contributed by atoms with van der Waals surface area (Å²) in [5.41, 5.74) is 3.76. The van der Waals surface area contributed by atoms with E-state index in [1.54, 1.807) is 12.1 Å². The van der Waals surface area contributed by atoms with Gasteiger partial charge in [0.15, 0.2) is 0 Å². The molecule has 1 amide bonds. The number of rotatable bonds is 10. The molecule has 0 aliphatic heterocycles. The van der Waals surface area contributed by atoms with Crippen molar-refractivity contribution in [3.05, 3.63) is 137 Å². The summed E-state index contributed by atoms with van der Waals surface area (Å²) in [7, 11) is 0. The van der Waals surface area contributed by atoms with E-state index >= 15 is 0 Å². The molecule has 35 heavy (non-hydrogen) atoms. The number of hydrogen-bond donors (Lipinski definition) is 0. The number of carbonyl (C=O) groups excluding carboxylic acids is 1. The van der Waals surface area contributed by atoms with Crippen LogP contribution in [0.25, 0.3) is 0 Å². The Morgan fingerprint density at radius 1 is 0.829 bits per heavy atom. The standard InChI is InChI=1S/C31H30FNO2/c1-2-35-29-18-16-24(17-19-29)23-33(31(34)27-14-9-15-28(32)22-27)21-20-30(25-10-5-3-6-11-25)26-12-7-4-8-13-26/h3-19,22,30H,2,20-21,23H2,1H3. The molecule has 0 saturated carbocycles. The number of hydrogen-bond acceptors (Lipinski definition) is 2. The van der Waals surface area contributed by atoms with Gasteiger partial charge in [-0.2, -0.15) is 0 Å². The zero-order valence-corrected chi connectivity index (χ0v) is 19.9. The van der Waals surface area contributed by atoms with Crippen LogP contribution in [0.3, 0.4) is 0 Å². The zero-order chi connectivity index (χ0) is 24.5. The van der Waals surface area contributed by atoms with E-state index in [1.165, 1.54) is 23.3 Å². The van der Waals surface area contributed by atoms with Crippen molar-refractivity contribution in [1.29, 1.82) is 0 Å². The van der Waals surface area contributed by atoms with E-state index in [0.717, 1.165) is 17.7 Å². The number of carbonyl (C=O) groups is 1. The Morgan fingerprint density at radius 3 is 2.03 bits per heavy atom. The number of amides is 1. The van der Waals surface area contributed by atoms with E-state index in [0.29, 0.717) is 25.3 Å². The summed E-state index contributed by atoms with van der Waals surface area (Å²) in [5.74, 6) is 0.342. The Labute approximate surface area is 206 Å². The van der Waals surface area contributed by atoms with Gasteiger partial charge in [0.25, 0.3) is 5.91 Å². The van der Waals surface area contributed by atoms with Gasteiger partial charge in [-0.3, -0.25) is 4.79 Å². The van der Waals surface area contributed by atoms with E-state index in [-0.39, 0.29) is 11.8 Å². The molecule has 4 aromatic rings. The minimum atomic E-state index is -0.414. The van der Waals surface area contributed by atoms with E-state index in [9.17, 15) is 9.18 Å². The minimum Gasteiger partial charge on any atom is -0.494 e. The third-order valence-corrected chi connectivity index (χ3v) is 6.06. The average Bonchev–Trinajstić information content (AvgIpc) is 2.90. The fourth-order valence-electron chi connectivity index (χ4n) is 4.32. The van der Waals surface area contributed by atoms with E-state index in [2.05, 4.69) is 24.3 Å². The van der Waals surface area contributed by atoms with Gasteiger partial charge in [-0.25, -0.2) is 4.39 Å². The van der Waals surface area contributed by atoms with Crippen molar-refractivity contribution in [2.24, 2.45) is 0 Å². The predicted octanol–water partition coefficient (Wildman–Crippen LogP) is 7.09. The van der Waals surface area contributed by atoms with Gasteiger partial charge >= 0.3 is 0 Å². The molecular weight excluding hydrogens is 437 g/mol. The molecule has 0 fully saturated rings. The first-order chi connectivity index (χ1) is 17.1. The monoisotopic (exact) mass is 467 g/mol. The zero-order valence-electron chi connectivity index (χ0n) is 19.9. The summed E-state index contributed by atoms with van der Waals surface area (Å²) < 4.78 is 19.5. The fourth-order valence-corrected chi connectivity index (χ4v) is 4.32. The molecule has 4 aromatic carbocycles. The number of halogens is 1. The summed E-state index contributed by atoms with van der Waals surface area (Å²) in [6.07, 6.45) is 0.742. The lowest BCUT2D eigenvalue weighted by molar-refractivity contribution is 0.0738. The van der Waals surface area contributed by atoms with Crippen LogP contribution in [0.15, 0.2) is 109 Å².